The minimum atomic E-state index is -0.330. The van der Waals surface area contributed by atoms with Crippen LogP contribution in [0.25, 0.3) is 0 Å². The van der Waals surface area contributed by atoms with Crippen molar-refractivity contribution in [1.29, 1.82) is 0 Å². The number of likely N-dealkylation sites (N-methyl/N-ethyl adjacent to an activating group) is 1. The van der Waals surface area contributed by atoms with Crippen LogP contribution in [0.15, 0.2) is 36.5 Å². The minimum absolute atomic E-state index is 0.0298. The number of aromatic nitrogens is 2. The van der Waals surface area contributed by atoms with E-state index >= 15 is 0 Å². The molecule has 8 heteroatoms. The quantitative estimate of drug-likeness (QED) is 0.636. The zero-order valence-corrected chi connectivity index (χ0v) is 21.6. The second-order valence-electron chi connectivity index (χ2n) is 11.3. The molecule has 2 atom stereocenters. The number of hydrogen-bond donors (Lipinski definition) is 1. The lowest BCUT2D eigenvalue weighted by molar-refractivity contribution is 0.0360. The number of carbonyl (C=O) groups excluding carboxylic acids is 1. The maximum absolute atomic E-state index is 12.5. The normalized spacial score (nSPS) is 26.0. The first-order valence-electron chi connectivity index (χ1n) is 12.7. The second-order valence-corrected chi connectivity index (χ2v) is 11.3. The van der Waals surface area contributed by atoms with Gasteiger partial charge in [0.05, 0.1) is 11.6 Å². The molecular weight excluding hydrogens is 440 g/mol. The predicted octanol–water partition coefficient (Wildman–Crippen LogP) is 4.30. The summed E-state index contributed by atoms with van der Waals surface area (Å²) in [6.07, 6.45) is 3.63. The van der Waals surface area contributed by atoms with E-state index in [1.54, 1.807) is 17.2 Å². The van der Waals surface area contributed by atoms with Gasteiger partial charge in [0, 0.05) is 37.9 Å². The van der Waals surface area contributed by atoms with E-state index in [1.807, 2.05) is 0 Å². The zero-order chi connectivity index (χ0) is 24.8. The molecule has 2 aromatic rings. The molecule has 5 rings (SSSR count). The molecule has 1 aromatic heterocycles. The summed E-state index contributed by atoms with van der Waals surface area (Å²) in [6.45, 7) is 13.5. The van der Waals surface area contributed by atoms with Crippen LogP contribution in [-0.4, -0.2) is 70.2 Å². The Morgan fingerprint density at radius 1 is 1.14 bits per heavy atom. The molecular formula is C27H38N6O2. The van der Waals surface area contributed by atoms with Crippen LogP contribution in [0, 0.1) is 5.92 Å². The maximum Gasteiger partial charge on any atom is 0.416 e. The van der Waals surface area contributed by atoms with E-state index in [9.17, 15) is 4.79 Å². The van der Waals surface area contributed by atoms with E-state index in [0.29, 0.717) is 24.3 Å². The first-order valence-corrected chi connectivity index (χ1v) is 12.7. The van der Waals surface area contributed by atoms with Gasteiger partial charge in [-0.2, -0.15) is 4.98 Å². The van der Waals surface area contributed by atoms with Crippen molar-refractivity contribution in [3.05, 3.63) is 47.7 Å². The number of benzene rings is 1. The standard InChI is InChI=1S/C27H38N6O2/c1-19(21-8-6-20(7-9-21)16-32-15-14-31(5)26(2,3)17-32)29-24-28-13-12-23(30-24)33-25(34)35-18-27(33,4)22-10-11-22/h6-9,12-13,19,22H,10-11,14-18H2,1-5H3,(H,28,29,30)/t19-,27?/m1/s1. The van der Waals surface area contributed by atoms with E-state index in [2.05, 4.69) is 84.1 Å². The van der Waals surface area contributed by atoms with Gasteiger partial charge in [-0.25, -0.2) is 9.78 Å². The van der Waals surface area contributed by atoms with Crippen molar-refractivity contribution in [2.75, 3.05) is 43.5 Å². The summed E-state index contributed by atoms with van der Waals surface area (Å²) in [5, 5.41) is 3.41. The van der Waals surface area contributed by atoms with Crippen LogP contribution in [0.2, 0.25) is 0 Å². The summed E-state index contributed by atoms with van der Waals surface area (Å²) in [4.78, 5) is 28.3. The summed E-state index contributed by atoms with van der Waals surface area (Å²) in [5.74, 6) is 1.57. The number of piperazine rings is 1. The lowest BCUT2D eigenvalue weighted by Gasteiger charge is -2.45. The van der Waals surface area contributed by atoms with E-state index in [4.69, 9.17) is 4.74 Å². The van der Waals surface area contributed by atoms with Gasteiger partial charge in [0.15, 0.2) is 0 Å². The molecule has 8 nitrogen and oxygen atoms in total. The van der Waals surface area contributed by atoms with Crippen LogP contribution in [0.1, 0.15) is 57.7 Å². The van der Waals surface area contributed by atoms with E-state index < -0.39 is 0 Å². The van der Waals surface area contributed by atoms with Crippen molar-refractivity contribution in [2.45, 2.75) is 64.2 Å². The highest BCUT2D eigenvalue weighted by Crippen LogP contribution is 2.47. The lowest BCUT2D eigenvalue weighted by Crippen LogP contribution is -2.57. The van der Waals surface area contributed by atoms with Crippen LogP contribution in [0.3, 0.4) is 0 Å². The molecule has 3 aliphatic rings. The summed E-state index contributed by atoms with van der Waals surface area (Å²) in [5.41, 5.74) is 2.37. The SMILES string of the molecule is C[C@@H](Nc1nccc(N2C(=O)OCC2(C)C2CC2)n1)c1ccc(CN2CCN(C)C(C)(C)C2)cc1. The van der Waals surface area contributed by atoms with E-state index in [0.717, 1.165) is 39.0 Å². The molecule has 2 aliphatic heterocycles. The highest BCUT2D eigenvalue weighted by molar-refractivity contribution is 5.90. The van der Waals surface area contributed by atoms with E-state index in [-0.39, 0.29) is 23.2 Å². The number of nitrogens with zero attached hydrogens (tertiary/aromatic N) is 5. The number of ether oxygens (including phenoxy) is 1. The molecule has 2 saturated heterocycles. The zero-order valence-electron chi connectivity index (χ0n) is 21.6. The van der Waals surface area contributed by atoms with Crippen molar-refractivity contribution in [3.63, 3.8) is 0 Å². The molecule has 1 aliphatic carbocycles. The first-order chi connectivity index (χ1) is 16.7. The van der Waals surface area contributed by atoms with Crippen LogP contribution < -0.4 is 10.2 Å². The van der Waals surface area contributed by atoms with Gasteiger partial charge in [-0.1, -0.05) is 24.3 Å². The molecule has 3 fully saturated rings. The summed E-state index contributed by atoms with van der Waals surface area (Å²) >= 11 is 0. The fourth-order valence-corrected chi connectivity index (χ4v) is 5.37. The smallest absolute Gasteiger partial charge is 0.416 e. The fourth-order valence-electron chi connectivity index (χ4n) is 5.37. The molecule has 188 valence electrons. The first kappa shape index (κ1) is 24.0. The van der Waals surface area contributed by atoms with Gasteiger partial charge in [-0.15, -0.1) is 0 Å². The maximum atomic E-state index is 12.5. The third kappa shape index (κ3) is 4.86. The predicted molar refractivity (Wildman–Crippen MR) is 137 cm³/mol. The van der Waals surface area contributed by atoms with E-state index in [1.165, 1.54) is 11.1 Å². The van der Waals surface area contributed by atoms with Gasteiger partial charge in [0.2, 0.25) is 5.95 Å². The van der Waals surface area contributed by atoms with Crippen molar-refractivity contribution < 1.29 is 9.53 Å². The summed E-state index contributed by atoms with van der Waals surface area (Å²) in [6, 6.07) is 10.6. The molecule has 1 unspecified atom stereocenters. The summed E-state index contributed by atoms with van der Waals surface area (Å²) < 4.78 is 5.41. The molecule has 0 radical (unpaired) electrons. The number of anilines is 2. The third-order valence-corrected chi connectivity index (χ3v) is 8.14. The van der Waals surface area contributed by atoms with Crippen LogP contribution in [0.4, 0.5) is 16.6 Å². The molecule has 1 amide bonds. The molecule has 0 spiro atoms. The van der Waals surface area contributed by atoms with Crippen molar-refractivity contribution in [3.8, 4) is 0 Å². The Morgan fingerprint density at radius 3 is 2.57 bits per heavy atom. The number of rotatable bonds is 7. The Balaban J connectivity index is 1.23. The largest absolute Gasteiger partial charge is 0.447 e. The van der Waals surface area contributed by atoms with Gasteiger partial charge in [-0.05, 0) is 70.7 Å². The van der Waals surface area contributed by atoms with Crippen molar-refractivity contribution in [1.82, 2.24) is 19.8 Å². The number of amides is 1. The number of cyclic esters (lactones) is 1. The van der Waals surface area contributed by atoms with Crippen LogP contribution in [0.5, 0.6) is 0 Å². The fraction of sp³-hybridized carbons (Fsp3) is 0.593. The number of hydrogen-bond acceptors (Lipinski definition) is 7. The Bertz CT molecular complexity index is 1070. The van der Waals surface area contributed by atoms with Crippen molar-refractivity contribution >= 4 is 17.9 Å². The minimum Gasteiger partial charge on any atom is -0.447 e. The summed E-state index contributed by atoms with van der Waals surface area (Å²) in [7, 11) is 2.21. The Morgan fingerprint density at radius 2 is 1.89 bits per heavy atom. The molecule has 3 heterocycles. The topological polar surface area (TPSA) is 73.8 Å². The van der Waals surface area contributed by atoms with Gasteiger partial charge < -0.3 is 10.1 Å². The van der Waals surface area contributed by atoms with Gasteiger partial charge >= 0.3 is 6.09 Å². The number of carbonyl (C=O) groups is 1. The average Bonchev–Trinajstić information content (AvgIpc) is 3.63. The van der Waals surface area contributed by atoms with Gasteiger partial charge in [0.25, 0.3) is 0 Å². The molecule has 1 saturated carbocycles. The second kappa shape index (κ2) is 9.06. The molecule has 35 heavy (non-hydrogen) atoms. The molecule has 1 N–H and O–H groups in total. The van der Waals surface area contributed by atoms with Crippen LogP contribution in [-0.2, 0) is 11.3 Å². The van der Waals surface area contributed by atoms with Crippen LogP contribution >= 0.6 is 0 Å². The highest BCUT2D eigenvalue weighted by Gasteiger charge is 2.54. The Hall–Kier alpha value is -2.71. The van der Waals surface area contributed by atoms with Gasteiger partial charge in [-0.3, -0.25) is 14.7 Å². The Labute approximate surface area is 208 Å². The lowest BCUT2D eigenvalue weighted by atomic mass is 9.96. The van der Waals surface area contributed by atoms with Gasteiger partial charge in [0.1, 0.15) is 12.4 Å². The molecule has 0 bridgehead atoms. The van der Waals surface area contributed by atoms with Crippen molar-refractivity contribution in [2.24, 2.45) is 5.92 Å². The average molecular weight is 479 g/mol. The monoisotopic (exact) mass is 478 g/mol. The molecule has 1 aromatic carbocycles. The Kier molecular flexibility index (Phi) is 6.21. The highest BCUT2D eigenvalue weighted by atomic mass is 16.6. The number of nitrogens with one attached hydrogen (secondary N) is 1. The third-order valence-electron chi connectivity index (χ3n) is 8.14.